The zero-order chi connectivity index (χ0) is 15.9. The van der Waals surface area contributed by atoms with Crippen LogP contribution in [0.3, 0.4) is 0 Å². The van der Waals surface area contributed by atoms with Gasteiger partial charge in [0, 0.05) is 5.54 Å². The third-order valence-corrected chi connectivity index (χ3v) is 3.04. The highest BCUT2D eigenvalue weighted by Gasteiger charge is 2.33. The maximum atomic E-state index is 12.5. The second-order valence-electron chi connectivity index (χ2n) is 6.79. The fraction of sp³-hybridized carbons (Fsp3) is 0.765. The van der Waals surface area contributed by atoms with Crippen molar-refractivity contribution >= 4 is 11.8 Å². The van der Waals surface area contributed by atoms with Crippen LogP contribution in [0, 0.1) is 17.8 Å². The van der Waals surface area contributed by atoms with Crippen LogP contribution in [-0.4, -0.2) is 17.4 Å². The summed E-state index contributed by atoms with van der Waals surface area (Å²) < 4.78 is 0. The van der Waals surface area contributed by atoms with E-state index >= 15 is 0 Å². The Bertz CT molecular complexity index is 354. The number of allylic oxidation sites excluding steroid dienone is 2. The van der Waals surface area contributed by atoms with Crippen molar-refractivity contribution in [2.24, 2.45) is 23.5 Å². The maximum absolute atomic E-state index is 12.5. The zero-order valence-corrected chi connectivity index (χ0v) is 13.7. The molecule has 0 aliphatic carbocycles. The van der Waals surface area contributed by atoms with Gasteiger partial charge < -0.3 is 11.1 Å². The molecular weight excluding hydrogens is 264 g/mol. The molecule has 0 rings (SSSR count). The van der Waals surface area contributed by atoms with Gasteiger partial charge in [0.1, 0.15) is 0 Å². The molecule has 0 radical (unpaired) electrons. The molecule has 0 fully saturated rings. The third kappa shape index (κ3) is 9.27. The van der Waals surface area contributed by atoms with Crippen molar-refractivity contribution in [3.63, 3.8) is 0 Å². The number of primary amides is 1. The highest BCUT2D eigenvalue weighted by atomic mass is 16.2. The lowest BCUT2D eigenvalue weighted by molar-refractivity contribution is -0.134. The van der Waals surface area contributed by atoms with E-state index in [9.17, 15) is 9.59 Å². The molecule has 0 aliphatic heterocycles. The van der Waals surface area contributed by atoms with Crippen LogP contribution in [0.5, 0.6) is 0 Å². The smallest absolute Gasteiger partial charge is 0.224 e. The third-order valence-electron chi connectivity index (χ3n) is 3.04. The lowest BCUT2D eigenvalue weighted by atomic mass is 9.81. The molecule has 0 aliphatic rings. The number of nitrogens with one attached hydrogen (secondary N) is 1. The molecule has 2 atom stereocenters. The highest BCUT2D eigenvalue weighted by molar-refractivity contribution is 5.87. The molecule has 21 heavy (non-hydrogen) atoms. The SMILES string of the molecule is C.C/C=C/C[C@H](C(N)=O)[C@@H](CC(C)C)C(=O)NC(C)(C)C. The molecule has 0 aromatic heterocycles. The molecule has 0 heterocycles. The van der Waals surface area contributed by atoms with Crippen molar-refractivity contribution < 1.29 is 9.59 Å². The van der Waals surface area contributed by atoms with E-state index in [0.29, 0.717) is 18.8 Å². The summed E-state index contributed by atoms with van der Waals surface area (Å²) in [5.74, 6) is -0.977. The van der Waals surface area contributed by atoms with E-state index in [1.165, 1.54) is 0 Å². The molecule has 0 saturated carbocycles. The minimum Gasteiger partial charge on any atom is -0.369 e. The molecule has 0 aromatic carbocycles. The van der Waals surface area contributed by atoms with Crippen LogP contribution >= 0.6 is 0 Å². The standard InChI is InChI=1S/C16H30N2O2.CH4/c1-7-8-9-12(14(17)19)13(10-11(2)3)15(20)18-16(4,5)6;/h7-8,11-13H,9-10H2,1-6H3,(H2,17,19)(H,18,20);1H4/b8-7+;/t12-,13+;/m0./s1. The van der Waals surface area contributed by atoms with Gasteiger partial charge in [-0.15, -0.1) is 0 Å². The molecule has 124 valence electrons. The quantitative estimate of drug-likeness (QED) is 0.708. The van der Waals surface area contributed by atoms with Gasteiger partial charge in [-0.25, -0.2) is 0 Å². The number of hydrogen-bond donors (Lipinski definition) is 2. The lowest BCUT2D eigenvalue weighted by Gasteiger charge is -2.29. The first-order chi connectivity index (χ1) is 9.08. The van der Waals surface area contributed by atoms with Crippen molar-refractivity contribution in [1.29, 1.82) is 0 Å². The summed E-state index contributed by atoms with van der Waals surface area (Å²) in [5.41, 5.74) is 5.19. The Hall–Kier alpha value is -1.32. The van der Waals surface area contributed by atoms with E-state index < -0.39 is 11.8 Å². The molecule has 0 bridgehead atoms. The van der Waals surface area contributed by atoms with Crippen molar-refractivity contribution in [3.05, 3.63) is 12.2 Å². The van der Waals surface area contributed by atoms with Gasteiger partial charge in [-0.3, -0.25) is 9.59 Å². The summed E-state index contributed by atoms with van der Waals surface area (Å²) in [6.07, 6.45) is 4.95. The van der Waals surface area contributed by atoms with E-state index in [1.54, 1.807) is 0 Å². The van der Waals surface area contributed by atoms with Crippen LogP contribution in [0.15, 0.2) is 12.2 Å². The summed E-state index contributed by atoms with van der Waals surface area (Å²) in [5, 5.41) is 2.97. The van der Waals surface area contributed by atoms with E-state index in [4.69, 9.17) is 5.73 Å². The van der Waals surface area contributed by atoms with E-state index in [1.807, 2.05) is 53.7 Å². The van der Waals surface area contributed by atoms with Gasteiger partial charge in [-0.2, -0.15) is 0 Å². The van der Waals surface area contributed by atoms with Gasteiger partial charge in [-0.05, 0) is 46.5 Å². The number of amides is 2. The number of rotatable bonds is 7. The van der Waals surface area contributed by atoms with E-state index in [2.05, 4.69) is 5.32 Å². The summed E-state index contributed by atoms with van der Waals surface area (Å²) >= 11 is 0. The predicted molar refractivity (Wildman–Crippen MR) is 89.7 cm³/mol. The molecule has 0 spiro atoms. The van der Waals surface area contributed by atoms with Crippen LogP contribution in [0.4, 0.5) is 0 Å². The summed E-state index contributed by atoms with van der Waals surface area (Å²) in [7, 11) is 0. The van der Waals surface area contributed by atoms with Crippen molar-refractivity contribution in [2.75, 3.05) is 0 Å². The predicted octanol–water partition coefficient (Wildman–Crippen LogP) is 3.27. The Morgan fingerprint density at radius 3 is 2.05 bits per heavy atom. The number of carbonyl (C=O) groups excluding carboxylic acids is 2. The van der Waals surface area contributed by atoms with E-state index in [0.717, 1.165) is 0 Å². The highest BCUT2D eigenvalue weighted by Crippen LogP contribution is 2.25. The summed E-state index contributed by atoms with van der Waals surface area (Å²) in [4.78, 5) is 24.2. The molecule has 0 saturated heterocycles. The van der Waals surface area contributed by atoms with Gasteiger partial charge in [0.15, 0.2) is 0 Å². The second-order valence-corrected chi connectivity index (χ2v) is 6.79. The first kappa shape index (κ1) is 22.0. The first-order valence-electron chi connectivity index (χ1n) is 7.31. The fourth-order valence-corrected chi connectivity index (χ4v) is 2.19. The van der Waals surface area contributed by atoms with Crippen LogP contribution in [-0.2, 0) is 9.59 Å². The van der Waals surface area contributed by atoms with Crippen LogP contribution < -0.4 is 11.1 Å². The monoisotopic (exact) mass is 298 g/mol. The topological polar surface area (TPSA) is 72.2 Å². The Labute approximate surface area is 130 Å². The van der Waals surface area contributed by atoms with Gasteiger partial charge in [0.05, 0.1) is 11.8 Å². The lowest BCUT2D eigenvalue weighted by Crippen LogP contribution is -2.47. The molecule has 3 N–H and O–H groups in total. The van der Waals surface area contributed by atoms with Crippen molar-refractivity contribution in [1.82, 2.24) is 5.32 Å². The zero-order valence-electron chi connectivity index (χ0n) is 13.7. The molecule has 2 amide bonds. The minimum absolute atomic E-state index is 0. The average molecular weight is 298 g/mol. The maximum Gasteiger partial charge on any atom is 0.224 e. The molecule has 4 nitrogen and oxygen atoms in total. The van der Waals surface area contributed by atoms with Gasteiger partial charge in [-0.1, -0.05) is 33.4 Å². The number of hydrogen-bond acceptors (Lipinski definition) is 2. The summed E-state index contributed by atoms with van der Waals surface area (Å²) in [6.45, 7) is 11.8. The Morgan fingerprint density at radius 1 is 1.19 bits per heavy atom. The van der Waals surface area contributed by atoms with Crippen molar-refractivity contribution in [2.45, 2.75) is 67.3 Å². The Kier molecular flexibility index (Phi) is 10.0. The molecule has 4 heteroatoms. The van der Waals surface area contributed by atoms with Crippen LogP contribution in [0.25, 0.3) is 0 Å². The Balaban J connectivity index is 0. The normalized spacial score (nSPS) is 14.6. The molecular formula is C17H34N2O2. The van der Waals surface area contributed by atoms with Gasteiger partial charge in [0.25, 0.3) is 0 Å². The fourth-order valence-electron chi connectivity index (χ4n) is 2.19. The first-order valence-corrected chi connectivity index (χ1v) is 7.31. The second kappa shape index (κ2) is 9.59. The van der Waals surface area contributed by atoms with Crippen molar-refractivity contribution in [3.8, 4) is 0 Å². The van der Waals surface area contributed by atoms with Crippen LogP contribution in [0.2, 0.25) is 0 Å². The summed E-state index contributed by atoms with van der Waals surface area (Å²) in [6, 6.07) is 0. The number of nitrogens with two attached hydrogens (primary N) is 1. The van der Waals surface area contributed by atoms with E-state index in [-0.39, 0.29) is 24.8 Å². The van der Waals surface area contributed by atoms with Gasteiger partial charge >= 0.3 is 0 Å². The average Bonchev–Trinajstić information content (AvgIpc) is 2.24. The van der Waals surface area contributed by atoms with Crippen LogP contribution in [0.1, 0.15) is 61.8 Å². The largest absolute Gasteiger partial charge is 0.369 e. The molecule has 0 aromatic rings. The molecule has 0 unspecified atom stereocenters. The number of carbonyl (C=O) groups is 2. The minimum atomic E-state index is -0.448. The Morgan fingerprint density at radius 2 is 1.71 bits per heavy atom. The van der Waals surface area contributed by atoms with Gasteiger partial charge in [0.2, 0.25) is 11.8 Å².